The van der Waals surface area contributed by atoms with Gasteiger partial charge < -0.3 is 5.11 Å². The summed E-state index contributed by atoms with van der Waals surface area (Å²) in [5, 5.41) is 13.0. The van der Waals surface area contributed by atoms with Gasteiger partial charge in [0.05, 0.1) is 12.1 Å². The van der Waals surface area contributed by atoms with Crippen molar-refractivity contribution in [2.45, 2.75) is 13.3 Å². The molecule has 4 nitrogen and oxygen atoms in total. The summed E-state index contributed by atoms with van der Waals surface area (Å²) >= 11 is 0. The minimum absolute atomic E-state index is 0.217. The SMILES string of the molecule is Cc1c(-c2ccccc2F)c(CC(=O)O)nn1C. The Hall–Kier alpha value is -2.17. The van der Waals surface area contributed by atoms with Crippen molar-refractivity contribution < 1.29 is 14.3 Å². The number of aliphatic carboxylic acids is 1. The summed E-state index contributed by atoms with van der Waals surface area (Å²) in [5.74, 6) is -1.36. The highest BCUT2D eigenvalue weighted by Gasteiger charge is 2.19. The van der Waals surface area contributed by atoms with E-state index in [2.05, 4.69) is 5.10 Å². The fourth-order valence-corrected chi connectivity index (χ4v) is 1.96. The fourth-order valence-electron chi connectivity index (χ4n) is 1.96. The third-order valence-corrected chi connectivity index (χ3v) is 2.87. The molecule has 0 aliphatic carbocycles. The zero-order chi connectivity index (χ0) is 13.3. The summed E-state index contributed by atoms with van der Waals surface area (Å²) in [6.07, 6.45) is -0.217. The van der Waals surface area contributed by atoms with Crippen LogP contribution in [0.15, 0.2) is 24.3 Å². The number of carboxylic acid groups (broad SMARTS) is 1. The van der Waals surface area contributed by atoms with E-state index in [-0.39, 0.29) is 12.2 Å². The lowest BCUT2D eigenvalue weighted by molar-refractivity contribution is -0.136. The van der Waals surface area contributed by atoms with Crippen LogP contribution in [-0.4, -0.2) is 20.9 Å². The predicted molar refractivity (Wildman–Crippen MR) is 64.7 cm³/mol. The van der Waals surface area contributed by atoms with E-state index in [1.807, 2.05) is 0 Å². The molecule has 0 unspecified atom stereocenters. The molecule has 1 aromatic carbocycles. The lowest BCUT2D eigenvalue weighted by Crippen LogP contribution is -2.03. The molecule has 0 spiro atoms. The molecule has 18 heavy (non-hydrogen) atoms. The van der Waals surface area contributed by atoms with E-state index in [4.69, 9.17) is 5.11 Å². The lowest BCUT2D eigenvalue weighted by atomic mass is 10.0. The highest BCUT2D eigenvalue weighted by molar-refractivity contribution is 5.76. The van der Waals surface area contributed by atoms with Gasteiger partial charge in [0, 0.05) is 23.9 Å². The van der Waals surface area contributed by atoms with Gasteiger partial charge in [0.2, 0.25) is 0 Å². The van der Waals surface area contributed by atoms with E-state index in [0.29, 0.717) is 16.8 Å². The maximum atomic E-state index is 13.8. The number of rotatable bonds is 3. The van der Waals surface area contributed by atoms with Crippen LogP contribution in [0.5, 0.6) is 0 Å². The minimum atomic E-state index is -0.981. The van der Waals surface area contributed by atoms with Crippen molar-refractivity contribution in [1.82, 2.24) is 9.78 Å². The molecule has 0 aliphatic heterocycles. The number of aromatic nitrogens is 2. The Bertz CT molecular complexity index is 605. The highest BCUT2D eigenvalue weighted by Crippen LogP contribution is 2.29. The van der Waals surface area contributed by atoms with Crippen LogP contribution in [0.25, 0.3) is 11.1 Å². The number of halogens is 1. The monoisotopic (exact) mass is 248 g/mol. The van der Waals surface area contributed by atoms with Crippen LogP contribution in [0.4, 0.5) is 4.39 Å². The molecule has 1 heterocycles. The molecule has 0 aliphatic rings. The Kier molecular flexibility index (Phi) is 3.14. The maximum absolute atomic E-state index is 13.8. The summed E-state index contributed by atoms with van der Waals surface area (Å²) < 4.78 is 15.4. The van der Waals surface area contributed by atoms with Gasteiger partial charge in [0.15, 0.2) is 0 Å². The predicted octanol–water partition coefficient (Wildman–Crippen LogP) is 2.16. The Morgan fingerprint density at radius 1 is 1.44 bits per heavy atom. The fraction of sp³-hybridized carbons (Fsp3) is 0.231. The quantitative estimate of drug-likeness (QED) is 0.905. The van der Waals surface area contributed by atoms with E-state index >= 15 is 0 Å². The average Bonchev–Trinajstić information content (AvgIpc) is 2.55. The second-order valence-corrected chi connectivity index (χ2v) is 4.08. The van der Waals surface area contributed by atoms with Gasteiger partial charge in [-0.15, -0.1) is 0 Å². The second kappa shape index (κ2) is 4.60. The molecule has 0 bridgehead atoms. The van der Waals surface area contributed by atoms with Crippen molar-refractivity contribution in [3.05, 3.63) is 41.5 Å². The Labute approximate surface area is 104 Å². The molecule has 1 N–H and O–H groups in total. The van der Waals surface area contributed by atoms with Gasteiger partial charge in [-0.3, -0.25) is 9.48 Å². The van der Waals surface area contributed by atoms with E-state index in [1.54, 1.807) is 36.9 Å². The molecule has 0 saturated carbocycles. The van der Waals surface area contributed by atoms with Crippen molar-refractivity contribution in [3.63, 3.8) is 0 Å². The standard InChI is InChI=1S/C13H13FN2O2/c1-8-13(9-5-3-4-6-10(9)14)11(7-12(17)18)15-16(8)2/h3-6H,7H2,1-2H3,(H,17,18). The van der Waals surface area contributed by atoms with E-state index < -0.39 is 5.97 Å². The first-order valence-electron chi connectivity index (χ1n) is 5.50. The number of benzene rings is 1. The Morgan fingerprint density at radius 2 is 2.11 bits per heavy atom. The molecule has 0 radical (unpaired) electrons. The van der Waals surface area contributed by atoms with Gasteiger partial charge in [-0.25, -0.2) is 4.39 Å². The smallest absolute Gasteiger partial charge is 0.309 e. The largest absolute Gasteiger partial charge is 0.481 e. The number of hydrogen-bond donors (Lipinski definition) is 1. The average molecular weight is 248 g/mol. The van der Waals surface area contributed by atoms with Gasteiger partial charge in [0.1, 0.15) is 5.82 Å². The zero-order valence-corrected chi connectivity index (χ0v) is 10.1. The first-order chi connectivity index (χ1) is 8.50. The molecular weight excluding hydrogens is 235 g/mol. The molecule has 94 valence electrons. The maximum Gasteiger partial charge on any atom is 0.309 e. The van der Waals surface area contributed by atoms with E-state index in [0.717, 1.165) is 5.69 Å². The van der Waals surface area contributed by atoms with Crippen LogP contribution in [0.2, 0.25) is 0 Å². The number of carboxylic acids is 1. The summed E-state index contributed by atoms with van der Waals surface area (Å²) in [7, 11) is 1.71. The first-order valence-corrected chi connectivity index (χ1v) is 5.50. The van der Waals surface area contributed by atoms with Gasteiger partial charge in [0.25, 0.3) is 0 Å². The van der Waals surface area contributed by atoms with Gasteiger partial charge >= 0.3 is 5.97 Å². The van der Waals surface area contributed by atoms with Crippen molar-refractivity contribution in [2.75, 3.05) is 0 Å². The molecule has 0 fully saturated rings. The molecule has 0 saturated heterocycles. The van der Waals surface area contributed by atoms with Crippen LogP contribution in [0.3, 0.4) is 0 Å². The molecule has 0 atom stereocenters. The number of carbonyl (C=O) groups is 1. The summed E-state index contributed by atoms with van der Waals surface area (Å²) in [5.41, 5.74) is 2.08. The lowest BCUT2D eigenvalue weighted by Gasteiger charge is -2.04. The molecule has 2 rings (SSSR count). The van der Waals surface area contributed by atoms with Crippen LogP contribution in [-0.2, 0) is 18.3 Å². The van der Waals surface area contributed by atoms with Gasteiger partial charge in [-0.1, -0.05) is 18.2 Å². The minimum Gasteiger partial charge on any atom is -0.481 e. The van der Waals surface area contributed by atoms with Crippen molar-refractivity contribution in [1.29, 1.82) is 0 Å². The molecule has 5 heteroatoms. The number of aryl methyl sites for hydroxylation is 1. The third-order valence-electron chi connectivity index (χ3n) is 2.87. The van der Waals surface area contributed by atoms with E-state index in [9.17, 15) is 9.18 Å². The van der Waals surface area contributed by atoms with Gasteiger partial charge in [-0.05, 0) is 13.0 Å². The van der Waals surface area contributed by atoms with E-state index in [1.165, 1.54) is 6.07 Å². The van der Waals surface area contributed by atoms with Crippen LogP contribution >= 0.6 is 0 Å². The van der Waals surface area contributed by atoms with Crippen LogP contribution < -0.4 is 0 Å². The normalized spacial score (nSPS) is 10.6. The summed E-state index contributed by atoms with van der Waals surface area (Å²) in [6, 6.07) is 6.30. The number of nitrogens with zero attached hydrogens (tertiary/aromatic N) is 2. The van der Waals surface area contributed by atoms with Crippen molar-refractivity contribution in [3.8, 4) is 11.1 Å². The van der Waals surface area contributed by atoms with Crippen molar-refractivity contribution in [2.24, 2.45) is 7.05 Å². The highest BCUT2D eigenvalue weighted by atomic mass is 19.1. The van der Waals surface area contributed by atoms with Crippen LogP contribution in [0.1, 0.15) is 11.4 Å². The zero-order valence-electron chi connectivity index (χ0n) is 10.1. The van der Waals surface area contributed by atoms with Crippen molar-refractivity contribution >= 4 is 5.97 Å². The molecular formula is C13H13FN2O2. The van der Waals surface area contributed by atoms with Gasteiger partial charge in [-0.2, -0.15) is 5.10 Å². The molecule has 1 aromatic heterocycles. The Balaban J connectivity index is 2.62. The van der Waals surface area contributed by atoms with Crippen LogP contribution in [0, 0.1) is 12.7 Å². The topological polar surface area (TPSA) is 55.1 Å². The molecule has 2 aromatic rings. The molecule has 0 amide bonds. The first kappa shape index (κ1) is 12.3. The Morgan fingerprint density at radius 3 is 2.72 bits per heavy atom. The third kappa shape index (κ3) is 2.11. The second-order valence-electron chi connectivity index (χ2n) is 4.08. The number of hydrogen-bond acceptors (Lipinski definition) is 2. The summed E-state index contributed by atoms with van der Waals surface area (Å²) in [4.78, 5) is 10.8. The summed E-state index contributed by atoms with van der Waals surface area (Å²) in [6.45, 7) is 1.79.